The molecule has 0 spiro atoms. The minimum atomic E-state index is -0.142. The minimum Gasteiger partial charge on any atom is -0.384 e. The van der Waals surface area contributed by atoms with E-state index in [1.807, 2.05) is 23.8 Å². The van der Waals surface area contributed by atoms with Crippen LogP contribution in [0.3, 0.4) is 0 Å². The Balaban J connectivity index is 2.04. The first kappa shape index (κ1) is 11.6. The highest BCUT2D eigenvalue weighted by atomic mass is 32.1. The maximum atomic E-state index is 11.9. The number of nitrogens with one attached hydrogen (secondary N) is 1. The molecule has 1 atom stereocenters. The van der Waals surface area contributed by atoms with Crippen molar-refractivity contribution >= 4 is 23.1 Å². The van der Waals surface area contributed by atoms with Crippen molar-refractivity contribution in [1.29, 1.82) is 0 Å². The summed E-state index contributed by atoms with van der Waals surface area (Å²) < 4.78 is 0. The zero-order chi connectivity index (χ0) is 12.3. The fraction of sp³-hybridized carbons (Fsp3) is 0.167. The number of thiophene rings is 1. The van der Waals surface area contributed by atoms with Crippen molar-refractivity contribution < 1.29 is 4.79 Å². The second kappa shape index (κ2) is 4.97. The molecular formula is C12H13N3OS. The van der Waals surface area contributed by atoms with Gasteiger partial charge in [0.1, 0.15) is 5.82 Å². The van der Waals surface area contributed by atoms with E-state index in [1.54, 1.807) is 23.5 Å². The summed E-state index contributed by atoms with van der Waals surface area (Å²) in [6.45, 7) is 1.95. The molecule has 0 saturated heterocycles. The average Bonchev–Trinajstić information content (AvgIpc) is 2.83. The molecule has 0 fully saturated rings. The van der Waals surface area contributed by atoms with Gasteiger partial charge in [0.25, 0.3) is 5.91 Å². The van der Waals surface area contributed by atoms with Crippen LogP contribution in [-0.4, -0.2) is 10.9 Å². The van der Waals surface area contributed by atoms with Crippen LogP contribution < -0.4 is 11.1 Å². The lowest BCUT2D eigenvalue weighted by Gasteiger charge is -2.12. The number of hydrogen-bond donors (Lipinski definition) is 2. The summed E-state index contributed by atoms with van der Waals surface area (Å²) in [6, 6.07) is 5.27. The molecule has 5 heteroatoms. The maximum Gasteiger partial charge on any atom is 0.253 e. The Labute approximate surface area is 103 Å². The molecule has 0 aliphatic rings. The molecule has 2 aromatic rings. The Morgan fingerprint density at radius 3 is 2.88 bits per heavy atom. The van der Waals surface area contributed by atoms with Crippen LogP contribution in [0.1, 0.15) is 28.9 Å². The van der Waals surface area contributed by atoms with Crippen molar-refractivity contribution in [2.75, 3.05) is 5.73 Å². The van der Waals surface area contributed by atoms with Gasteiger partial charge in [0.15, 0.2) is 0 Å². The first-order valence-corrected chi connectivity index (χ1v) is 6.15. The fourth-order valence-corrected chi connectivity index (χ4v) is 2.18. The van der Waals surface area contributed by atoms with Crippen LogP contribution >= 0.6 is 11.3 Å². The molecule has 0 aliphatic heterocycles. The van der Waals surface area contributed by atoms with Gasteiger partial charge in [-0.15, -0.1) is 0 Å². The molecule has 2 heterocycles. The maximum absolute atomic E-state index is 11.9. The van der Waals surface area contributed by atoms with Gasteiger partial charge in [0.2, 0.25) is 0 Å². The molecule has 0 aliphatic carbocycles. The highest BCUT2D eigenvalue weighted by molar-refractivity contribution is 7.07. The SMILES string of the molecule is CC(NC(=O)c1ccc(N)nc1)c1ccsc1. The third kappa shape index (κ3) is 2.82. The number of nitrogens with two attached hydrogens (primary N) is 1. The van der Waals surface area contributed by atoms with Gasteiger partial charge in [-0.1, -0.05) is 0 Å². The molecule has 17 heavy (non-hydrogen) atoms. The number of carbonyl (C=O) groups is 1. The summed E-state index contributed by atoms with van der Waals surface area (Å²) >= 11 is 1.61. The van der Waals surface area contributed by atoms with Gasteiger partial charge in [0, 0.05) is 6.20 Å². The van der Waals surface area contributed by atoms with Crippen molar-refractivity contribution in [1.82, 2.24) is 10.3 Å². The number of nitrogens with zero attached hydrogens (tertiary/aromatic N) is 1. The predicted octanol–water partition coefficient (Wildman–Crippen LogP) is 2.22. The molecule has 0 saturated carbocycles. The van der Waals surface area contributed by atoms with Gasteiger partial charge in [-0.2, -0.15) is 11.3 Å². The summed E-state index contributed by atoms with van der Waals surface area (Å²) in [5.41, 5.74) is 7.08. The third-order valence-corrected chi connectivity index (χ3v) is 3.14. The van der Waals surface area contributed by atoms with Crippen LogP contribution in [0.4, 0.5) is 5.82 Å². The number of rotatable bonds is 3. The highest BCUT2D eigenvalue weighted by Crippen LogP contribution is 2.16. The number of nitrogen functional groups attached to an aromatic ring is 1. The molecule has 1 amide bonds. The number of aromatic nitrogens is 1. The second-order valence-corrected chi connectivity index (χ2v) is 4.50. The zero-order valence-corrected chi connectivity index (χ0v) is 10.2. The van der Waals surface area contributed by atoms with Crippen LogP contribution in [0.2, 0.25) is 0 Å². The number of anilines is 1. The van der Waals surface area contributed by atoms with Crippen LogP contribution in [0.25, 0.3) is 0 Å². The molecule has 88 valence electrons. The standard InChI is InChI=1S/C12H13N3OS/c1-8(10-4-5-17-7-10)15-12(16)9-2-3-11(13)14-6-9/h2-8H,1H3,(H2,13,14)(H,15,16). The Morgan fingerprint density at radius 1 is 1.47 bits per heavy atom. The van der Waals surface area contributed by atoms with E-state index in [2.05, 4.69) is 10.3 Å². The van der Waals surface area contributed by atoms with Gasteiger partial charge >= 0.3 is 0 Å². The van der Waals surface area contributed by atoms with Gasteiger partial charge in [0.05, 0.1) is 11.6 Å². The highest BCUT2D eigenvalue weighted by Gasteiger charge is 2.11. The van der Waals surface area contributed by atoms with E-state index in [9.17, 15) is 4.79 Å². The second-order valence-electron chi connectivity index (χ2n) is 3.72. The van der Waals surface area contributed by atoms with Gasteiger partial charge in [-0.25, -0.2) is 4.98 Å². The summed E-state index contributed by atoms with van der Waals surface area (Å²) in [7, 11) is 0. The molecule has 0 aromatic carbocycles. The monoisotopic (exact) mass is 247 g/mol. The van der Waals surface area contributed by atoms with Crippen molar-refractivity contribution in [3.63, 3.8) is 0 Å². The first-order valence-electron chi connectivity index (χ1n) is 5.21. The molecule has 1 unspecified atom stereocenters. The van der Waals surface area contributed by atoms with E-state index in [-0.39, 0.29) is 11.9 Å². The molecule has 2 rings (SSSR count). The topological polar surface area (TPSA) is 68.0 Å². The Kier molecular flexibility index (Phi) is 3.39. The van der Waals surface area contributed by atoms with Crippen LogP contribution in [0.5, 0.6) is 0 Å². The van der Waals surface area contributed by atoms with E-state index in [0.29, 0.717) is 11.4 Å². The molecular weight excluding hydrogens is 234 g/mol. The summed E-state index contributed by atoms with van der Waals surface area (Å²) in [5, 5.41) is 6.91. The van der Waals surface area contributed by atoms with E-state index < -0.39 is 0 Å². The Bertz CT molecular complexity index is 493. The normalized spacial score (nSPS) is 12.1. The number of amides is 1. The summed E-state index contributed by atoms with van der Waals surface area (Å²) in [6.07, 6.45) is 1.48. The largest absolute Gasteiger partial charge is 0.384 e. The van der Waals surface area contributed by atoms with Crippen LogP contribution in [0, 0.1) is 0 Å². The van der Waals surface area contributed by atoms with Gasteiger partial charge < -0.3 is 11.1 Å². The number of pyridine rings is 1. The van der Waals surface area contributed by atoms with E-state index in [4.69, 9.17) is 5.73 Å². The Hall–Kier alpha value is -1.88. The lowest BCUT2D eigenvalue weighted by molar-refractivity contribution is 0.0939. The van der Waals surface area contributed by atoms with E-state index >= 15 is 0 Å². The Morgan fingerprint density at radius 2 is 2.29 bits per heavy atom. The van der Waals surface area contributed by atoms with Crippen molar-refractivity contribution in [2.45, 2.75) is 13.0 Å². The predicted molar refractivity (Wildman–Crippen MR) is 68.8 cm³/mol. The summed E-state index contributed by atoms with van der Waals surface area (Å²) in [4.78, 5) is 15.8. The van der Waals surface area contributed by atoms with Crippen molar-refractivity contribution in [2.24, 2.45) is 0 Å². The van der Waals surface area contributed by atoms with Crippen LogP contribution in [-0.2, 0) is 0 Å². The lowest BCUT2D eigenvalue weighted by Crippen LogP contribution is -2.26. The van der Waals surface area contributed by atoms with Gasteiger partial charge in [-0.05, 0) is 41.4 Å². The molecule has 0 radical (unpaired) electrons. The quantitative estimate of drug-likeness (QED) is 0.873. The van der Waals surface area contributed by atoms with Gasteiger partial charge in [-0.3, -0.25) is 4.79 Å². The zero-order valence-electron chi connectivity index (χ0n) is 9.38. The molecule has 4 nitrogen and oxygen atoms in total. The lowest BCUT2D eigenvalue weighted by atomic mass is 10.1. The fourth-order valence-electron chi connectivity index (χ4n) is 1.42. The third-order valence-electron chi connectivity index (χ3n) is 2.44. The molecule has 0 bridgehead atoms. The first-order chi connectivity index (χ1) is 8.16. The molecule has 3 N–H and O–H groups in total. The average molecular weight is 247 g/mol. The van der Waals surface area contributed by atoms with E-state index in [0.717, 1.165) is 5.56 Å². The number of hydrogen-bond acceptors (Lipinski definition) is 4. The van der Waals surface area contributed by atoms with Crippen molar-refractivity contribution in [3.05, 3.63) is 46.3 Å². The van der Waals surface area contributed by atoms with Crippen molar-refractivity contribution in [3.8, 4) is 0 Å². The molecule has 2 aromatic heterocycles. The smallest absolute Gasteiger partial charge is 0.253 e. The summed E-state index contributed by atoms with van der Waals surface area (Å²) in [5.74, 6) is 0.267. The van der Waals surface area contributed by atoms with Crippen LogP contribution in [0.15, 0.2) is 35.2 Å². The minimum absolute atomic E-state index is 0.00805. The number of carbonyl (C=O) groups excluding carboxylic acids is 1. The van der Waals surface area contributed by atoms with E-state index in [1.165, 1.54) is 6.20 Å².